The number of hydrogen-bond donors (Lipinski definition) is 1. The van der Waals surface area contributed by atoms with Crippen LogP contribution in [0, 0.1) is 0 Å². The molecular weight excluding hydrogens is 151 g/mol. The van der Waals surface area contributed by atoms with Crippen molar-refractivity contribution in [1.29, 1.82) is 0 Å². The van der Waals surface area contributed by atoms with Gasteiger partial charge in [-0.1, -0.05) is 0 Å². The zero-order valence-corrected chi connectivity index (χ0v) is 7.76. The van der Waals surface area contributed by atoms with Gasteiger partial charge in [-0.3, -0.25) is 0 Å². The summed E-state index contributed by atoms with van der Waals surface area (Å²) in [5, 5.41) is 0. The van der Waals surface area contributed by atoms with Crippen molar-refractivity contribution < 1.29 is 15.4 Å². The molecule has 0 rings (SSSR count). The lowest BCUT2D eigenvalue weighted by atomic mass is 10.5. The largest absolute Gasteiger partial charge is 0.330 e. The maximum absolute atomic E-state index is 9.01. The first-order valence-corrected chi connectivity index (χ1v) is 4.48. The molecule has 4 heteroatoms. The molecule has 0 saturated carbocycles. The minimum absolute atomic E-state index is 0. The second-order valence-electron chi connectivity index (χ2n) is 2.55. The smallest absolute Gasteiger partial charge is 0.328 e. The first-order chi connectivity index (χ1) is 4.52. The molecule has 3 nitrogen and oxygen atoms in total. The molecule has 0 aromatic carbocycles. The fourth-order valence-corrected chi connectivity index (χ4v) is 1.16. The van der Waals surface area contributed by atoms with Gasteiger partial charge in [0.2, 0.25) is 0 Å². The topological polar surface area (TPSA) is 38.7 Å². The van der Waals surface area contributed by atoms with Crippen molar-refractivity contribution in [3.05, 3.63) is 0 Å². The van der Waals surface area contributed by atoms with E-state index in [1.54, 1.807) is 0 Å². The van der Waals surface area contributed by atoms with Crippen LogP contribution >= 0.6 is 8.60 Å². The number of hydrogen-bond acceptors (Lipinski definition) is 3. The Morgan fingerprint density at radius 1 is 1.10 bits per heavy atom. The van der Waals surface area contributed by atoms with E-state index in [-0.39, 0.29) is 13.6 Å². The molecule has 0 unspecified atom stereocenters. The van der Waals surface area contributed by atoms with Crippen LogP contribution in [0.25, 0.3) is 0 Å². The summed E-state index contributed by atoms with van der Waals surface area (Å²) in [5.74, 6) is 0. The summed E-state index contributed by atoms with van der Waals surface area (Å²) in [6, 6.07) is 0. The Hall–Kier alpha value is 0.310. The van der Waals surface area contributed by atoms with E-state index in [9.17, 15) is 0 Å². The molecule has 0 fully saturated rings. The zero-order valence-electron chi connectivity index (χ0n) is 6.87. The average Bonchev–Trinajstić information content (AvgIpc) is 1.58. The molecule has 0 saturated heterocycles. The van der Waals surface area contributed by atoms with Crippen molar-refractivity contribution >= 4 is 8.60 Å². The van der Waals surface area contributed by atoms with Crippen molar-refractivity contribution in [2.75, 3.05) is 0 Å². The molecule has 10 heavy (non-hydrogen) atoms. The average molecular weight is 168 g/mol. The Kier molecular flexibility index (Phi) is 5.18. The molecule has 0 heterocycles. The molecule has 0 radical (unpaired) electrons. The molecule has 0 amide bonds. The minimum atomic E-state index is -1.66. The molecule has 0 aliphatic carbocycles. The Morgan fingerprint density at radius 3 is 1.60 bits per heavy atom. The second kappa shape index (κ2) is 5.03. The highest BCUT2D eigenvalue weighted by molar-refractivity contribution is 7.40. The molecular formula is C6H17O3P. The van der Waals surface area contributed by atoms with Gasteiger partial charge in [0.05, 0.1) is 12.2 Å². The summed E-state index contributed by atoms with van der Waals surface area (Å²) in [6.45, 7) is 7.43. The van der Waals surface area contributed by atoms with Crippen LogP contribution in [-0.4, -0.2) is 17.1 Å². The summed E-state index contributed by atoms with van der Waals surface area (Å²) < 4.78 is 9.92. The third kappa shape index (κ3) is 6.43. The molecule has 0 aliphatic heterocycles. The van der Waals surface area contributed by atoms with E-state index in [0.29, 0.717) is 0 Å². The SMILES string of the molecule is CC(C)OP(O)OC(C)C.[HH]. The quantitative estimate of drug-likeness (QED) is 0.654. The lowest BCUT2D eigenvalue weighted by Crippen LogP contribution is -2.03. The summed E-state index contributed by atoms with van der Waals surface area (Å²) in [6.07, 6.45) is 0.0460. The van der Waals surface area contributed by atoms with Crippen LogP contribution in [0.1, 0.15) is 29.1 Å². The first-order valence-electron chi connectivity index (χ1n) is 3.35. The zero-order chi connectivity index (χ0) is 8.15. The summed E-state index contributed by atoms with van der Waals surface area (Å²) in [4.78, 5) is 9.01. The first kappa shape index (κ1) is 10.3. The molecule has 0 spiro atoms. The highest BCUT2D eigenvalue weighted by atomic mass is 31.2. The van der Waals surface area contributed by atoms with Gasteiger partial charge < -0.3 is 13.9 Å². The van der Waals surface area contributed by atoms with E-state index in [1.165, 1.54) is 0 Å². The van der Waals surface area contributed by atoms with Gasteiger partial charge in [-0.05, 0) is 27.7 Å². The van der Waals surface area contributed by atoms with Crippen molar-refractivity contribution in [3.8, 4) is 0 Å². The van der Waals surface area contributed by atoms with Gasteiger partial charge in [-0.25, -0.2) is 0 Å². The maximum Gasteiger partial charge on any atom is 0.330 e. The molecule has 0 bridgehead atoms. The van der Waals surface area contributed by atoms with Crippen LogP contribution in [0.15, 0.2) is 0 Å². The normalized spacial score (nSPS) is 12.0. The molecule has 64 valence electrons. The lowest BCUT2D eigenvalue weighted by molar-refractivity contribution is 0.139. The lowest BCUT2D eigenvalue weighted by Gasteiger charge is -2.14. The van der Waals surface area contributed by atoms with Crippen molar-refractivity contribution in [3.63, 3.8) is 0 Å². The standard InChI is InChI=1S/C6H15O3P.H2/c1-5(2)8-10(7)9-6(3)4;/h5-7H,1-4H3;1H. The molecule has 1 N–H and O–H groups in total. The Morgan fingerprint density at radius 2 is 1.40 bits per heavy atom. The van der Waals surface area contributed by atoms with E-state index >= 15 is 0 Å². The summed E-state index contributed by atoms with van der Waals surface area (Å²) in [5.41, 5.74) is 0. The van der Waals surface area contributed by atoms with E-state index in [2.05, 4.69) is 0 Å². The van der Waals surface area contributed by atoms with Gasteiger partial charge in [0.25, 0.3) is 0 Å². The van der Waals surface area contributed by atoms with Gasteiger partial charge in [0.1, 0.15) is 0 Å². The van der Waals surface area contributed by atoms with E-state index in [1.807, 2.05) is 27.7 Å². The van der Waals surface area contributed by atoms with Crippen molar-refractivity contribution in [2.24, 2.45) is 0 Å². The Bertz CT molecular complexity index is 79.9. The monoisotopic (exact) mass is 168 g/mol. The summed E-state index contributed by atoms with van der Waals surface area (Å²) >= 11 is 0. The molecule has 0 aliphatic rings. The van der Waals surface area contributed by atoms with Gasteiger partial charge >= 0.3 is 8.60 Å². The molecule has 0 aromatic rings. The second-order valence-corrected chi connectivity index (χ2v) is 3.44. The van der Waals surface area contributed by atoms with Crippen LogP contribution < -0.4 is 0 Å². The maximum atomic E-state index is 9.01. The van der Waals surface area contributed by atoms with Crippen LogP contribution in [0.4, 0.5) is 0 Å². The van der Waals surface area contributed by atoms with Crippen LogP contribution in [0.5, 0.6) is 0 Å². The van der Waals surface area contributed by atoms with Crippen LogP contribution in [0.3, 0.4) is 0 Å². The highest BCUT2D eigenvalue weighted by Gasteiger charge is 2.10. The third-order valence-electron chi connectivity index (χ3n) is 0.602. The fourth-order valence-electron chi connectivity index (χ4n) is 0.386. The minimum Gasteiger partial charge on any atom is -0.328 e. The predicted molar refractivity (Wildman–Crippen MR) is 43.7 cm³/mol. The summed E-state index contributed by atoms with van der Waals surface area (Å²) in [7, 11) is -1.66. The Balaban J connectivity index is 0. The van der Waals surface area contributed by atoms with Gasteiger partial charge in [-0.15, -0.1) is 0 Å². The highest BCUT2D eigenvalue weighted by Crippen LogP contribution is 2.35. The third-order valence-corrected chi connectivity index (χ3v) is 1.81. The van der Waals surface area contributed by atoms with E-state index in [4.69, 9.17) is 13.9 Å². The number of rotatable bonds is 4. The van der Waals surface area contributed by atoms with Crippen molar-refractivity contribution in [2.45, 2.75) is 39.9 Å². The van der Waals surface area contributed by atoms with Crippen LogP contribution in [-0.2, 0) is 9.05 Å². The van der Waals surface area contributed by atoms with Gasteiger partial charge in [0.15, 0.2) is 0 Å². The van der Waals surface area contributed by atoms with Crippen LogP contribution in [0.2, 0.25) is 0 Å². The molecule has 0 aromatic heterocycles. The van der Waals surface area contributed by atoms with E-state index < -0.39 is 8.60 Å². The van der Waals surface area contributed by atoms with Gasteiger partial charge in [-0.2, -0.15) is 0 Å². The molecule has 0 atom stereocenters. The fraction of sp³-hybridized carbons (Fsp3) is 1.00. The predicted octanol–water partition coefficient (Wildman–Crippen LogP) is 2.30. The van der Waals surface area contributed by atoms with E-state index in [0.717, 1.165) is 0 Å². The Labute approximate surface area is 64.8 Å². The van der Waals surface area contributed by atoms with Crippen molar-refractivity contribution in [1.82, 2.24) is 0 Å². The van der Waals surface area contributed by atoms with Gasteiger partial charge in [0, 0.05) is 1.43 Å².